The second-order valence-corrected chi connectivity index (χ2v) is 8.03. The minimum Gasteiger partial charge on any atom is -0.396 e. The third kappa shape index (κ3) is 3.41. The number of imide groups is 1. The van der Waals surface area contributed by atoms with Crippen molar-refractivity contribution in [2.75, 3.05) is 24.6 Å². The van der Waals surface area contributed by atoms with Gasteiger partial charge in [-0.2, -0.15) is 0 Å². The Bertz CT molecular complexity index is 1030. The summed E-state index contributed by atoms with van der Waals surface area (Å²) in [6, 6.07) is 11.2. The summed E-state index contributed by atoms with van der Waals surface area (Å²) in [7, 11) is 0. The monoisotopic (exact) mass is 408 g/mol. The Labute approximate surface area is 175 Å². The second-order valence-electron chi connectivity index (χ2n) is 8.03. The first-order valence-corrected chi connectivity index (χ1v) is 10.2. The fourth-order valence-corrected chi connectivity index (χ4v) is 4.30. The highest BCUT2D eigenvalue weighted by Gasteiger charge is 2.43. The average Bonchev–Trinajstić information content (AvgIpc) is 3.01. The van der Waals surface area contributed by atoms with Crippen LogP contribution in [-0.2, 0) is 9.59 Å². The molecule has 5 nitrogen and oxygen atoms in total. The number of amides is 2. The number of halogens is 1. The van der Waals surface area contributed by atoms with E-state index in [0.29, 0.717) is 35.6 Å². The smallest absolute Gasteiger partial charge is 0.282 e. The maximum atomic E-state index is 13.6. The van der Waals surface area contributed by atoms with E-state index in [4.69, 9.17) is 0 Å². The average molecular weight is 408 g/mol. The summed E-state index contributed by atoms with van der Waals surface area (Å²) in [5, 5.41) is 9.63. The molecule has 0 spiro atoms. The van der Waals surface area contributed by atoms with Gasteiger partial charge in [-0.05, 0) is 67.5 Å². The molecule has 1 N–H and O–H groups in total. The van der Waals surface area contributed by atoms with Gasteiger partial charge in [0.2, 0.25) is 0 Å². The van der Waals surface area contributed by atoms with Crippen molar-refractivity contribution in [3.63, 3.8) is 0 Å². The number of anilines is 1. The number of nitrogens with zero attached hydrogens (tertiary/aromatic N) is 2. The summed E-state index contributed by atoms with van der Waals surface area (Å²) in [4.78, 5) is 30.3. The Balaban J connectivity index is 1.84. The molecule has 2 aliphatic rings. The number of carbonyl (C=O) groups is 2. The lowest BCUT2D eigenvalue weighted by Gasteiger charge is -2.34. The van der Waals surface area contributed by atoms with Crippen LogP contribution < -0.4 is 4.90 Å². The summed E-state index contributed by atoms with van der Waals surface area (Å²) in [6.45, 7) is 5.02. The number of aliphatic hydroxyl groups is 1. The van der Waals surface area contributed by atoms with E-state index in [1.807, 2.05) is 30.9 Å². The minimum atomic E-state index is -0.401. The third-order valence-corrected chi connectivity index (χ3v) is 6.10. The number of piperidine rings is 1. The summed E-state index contributed by atoms with van der Waals surface area (Å²) in [6.07, 6.45) is 1.71. The molecule has 4 rings (SSSR count). The van der Waals surface area contributed by atoms with E-state index < -0.39 is 11.7 Å². The van der Waals surface area contributed by atoms with Gasteiger partial charge < -0.3 is 10.0 Å². The number of aryl methyl sites for hydroxylation is 1. The van der Waals surface area contributed by atoms with E-state index in [1.54, 1.807) is 6.07 Å². The molecule has 0 aromatic heterocycles. The first-order chi connectivity index (χ1) is 14.4. The van der Waals surface area contributed by atoms with Crippen LogP contribution in [0.5, 0.6) is 0 Å². The molecule has 30 heavy (non-hydrogen) atoms. The van der Waals surface area contributed by atoms with Gasteiger partial charge >= 0.3 is 0 Å². The van der Waals surface area contributed by atoms with Gasteiger partial charge in [0.25, 0.3) is 11.8 Å². The van der Waals surface area contributed by atoms with Crippen LogP contribution in [0.15, 0.2) is 48.2 Å². The highest BCUT2D eigenvalue weighted by atomic mass is 19.1. The van der Waals surface area contributed by atoms with Gasteiger partial charge in [-0.15, -0.1) is 0 Å². The molecule has 1 unspecified atom stereocenters. The number of rotatable bonds is 4. The molecular weight excluding hydrogens is 383 g/mol. The number of likely N-dealkylation sites (tertiary alicyclic amines) is 1. The molecule has 2 aromatic rings. The van der Waals surface area contributed by atoms with Crippen molar-refractivity contribution >= 4 is 23.1 Å². The molecule has 1 atom stereocenters. The van der Waals surface area contributed by atoms with Gasteiger partial charge in [-0.3, -0.25) is 9.59 Å². The Kier molecular flexibility index (Phi) is 5.43. The van der Waals surface area contributed by atoms with Gasteiger partial charge in [0.15, 0.2) is 0 Å². The normalized spacial score (nSPS) is 19.8. The minimum absolute atomic E-state index is 0.0402. The Morgan fingerprint density at radius 3 is 2.50 bits per heavy atom. The predicted octanol–water partition coefficient (Wildman–Crippen LogP) is 3.43. The van der Waals surface area contributed by atoms with E-state index in [1.165, 1.54) is 29.2 Å². The Morgan fingerprint density at radius 2 is 1.80 bits per heavy atom. The fourth-order valence-electron chi connectivity index (χ4n) is 4.30. The van der Waals surface area contributed by atoms with E-state index in [2.05, 4.69) is 0 Å². The van der Waals surface area contributed by atoms with Crippen LogP contribution in [0, 0.1) is 25.6 Å². The van der Waals surface area contributed by atoms with Crippen LogP contribution in [0.1, 0.15) is 29.5 Å². The molecule has 2 aromatic carbocycles. The number of aliphatic hydroxyl groups excluding tert-OH is 1. The SMILES string of the molecule is Cc1cccc(N2C(=O)C(c3ccc(F)cc3)=C(N3CCCC(CO)C3)C2=O)c1C. The van der Waals surface area contributed by atoms with Crippen molar-refractivity contribution in [1.29, 1.82) is 0 Å². The number of benzene rings is 2. The van der Waals surface area contributed by atoms with E-state index in [0.717, 1.165) is 24.0 Å². The molecule has 0 saturated carbocycles. The largest absolute Gasteiger partial charge is 0.396 e. The highest BCUT2D eigenvalue weighted by molar-refractivity contribution is 6.45. The van der Waals surface area contributed by atoms with Gasteiger partial charge in [0, 0.05) is 19.7 Å². The summed E-state index contributed by atoms with van der Waals surface area (Å²) >= 11 is 0. The van der Waals surface area contributed by atoms with E-state index >= 15 is 0 Å². The zero-order valence-corrected chi connectivity index (χ0v) is 17.2. The molecule has 0 aliphatic carbocycles. The van der Waals surface area contributed by atoms with Crippen LogP contribution >= 0.6 is 0 Å². The van der Waals surface area contributed by atoms with Crippen molar-refractivity contribution < 1.29 is 19.1 Å². The molecule has 1 fully saturated rings. The molecule has 0 bridgehead atoms. The standard InChI is InChI=1S/C24H25FN2O3/c1-15-5-3-7-20(16(15)2)27-23(29)21(18-8-10-19(25)11-9-18)22(24(27)30)26-12-4-6-17(13-26)14-28/h3,5,7-11,17,28H,4,6,12-14H2,1-2H3. The topological polar surface area (TPSA) is 60.9 Å². The first kappa shape index (κ1) is 20.3. The second kappa shape index (κ2) is 8.03. The van der Waals surface area contributed by atoms with Gasteiger partial charge in [0.1, 0.15) is 11.5 Å². The van der Waals surface area contributed by atoms with Crippen LogP contribution in [-0.4, -0.2) is 41.5 Å². The van der Waals surface area contributed by atoms with E-state index in [-0.39, 0.29) is 18.4 Å². The van der Waals surface area contributed by atoms with Crippen molar-refractivity contribution in [3.8, 4) is 0 Å². The first-order valence-electron chi connectivity index (χ1n) is 10.2. The van der Waals surface area contributed by atoms with Crippen LogP contribution in [0.25, 0.3) is 5.57 Å². The summed E-state index contributed by atoms with van der Waals surface area (Å²) in [5.41, 5.74) is 3.57. The van der Waals surface area contributed by atoms with Crippen molar-refractivity contribution in [1.82, 2.24) is 4.90 Å². The molecule has 2 aliphatic heterocycles. The lowest BCUT2D eigenvalue weighted by Crippen LogP contribution is -2.40. The molecule has 2 heterocycles. The van der Waals surface area contributed by atoms with Gasteiger partial charge in [0.05, 0.1) is 11.3 Å². The van der Waals surface area contributed by atoms with Gasteiger partial charge in [-0.25, -0.2) is 9.29 Å². The van der Waals surface area contributed by atoms with Crippen molar-refractivity contribution in [2.45, 2.75) is 26.7 Å². The van der Waals surface area contributed by atoms with Crippen molar-refractivity contribution in [2.24, 2.45) is 5.92 Å². The Hall–Kier alpha value is -2.99. The molecule has 156 valence electrons. The molecule has 1 saturated heterocycles. The lowest BCUT2D eigenvalue weighted by atomic mass is 9.97. The quantitative estimate of drug-likeness (QED) is 0.788. The third-order valence-electron chi connectivity index (χ3n) is 6.10. The summed E-state index contributed by atoms with van der Waals surface area (Å²) < 4.78 is 13.5. The summed E-state index contributed by atoms with van der Waals surface area (Å²) in [5.74, 6) is -1.12. The van der Waals surface area contributed by atoms with E-state index in [9.17, 15) is 19.1 Å². The van der Waals surface area contributed by atoms with Crippen LogP contribution in [0.2, 0.25) is 0 Å². The molecule has 6 heteroatoms. The van der Waals surface area contributed by atoms with Crippen LogP contribution in [0.4, 0.5) is 10.1 Å². The maximum Gasteiger partial charge on any atom is 0.282 e. The maximum absolute atomic E-state index is 13.6. The zero-order valence-electron chi connectivity index (χ0n) is 17.2. The zero-order chi connectivity index (χ0) is 21.4. The van der Waals surface area contributed by atoms with Crippen LogP contribution in [0.3, 0.4) is 0 Å². The molecular formula is C24H25FN2O3. The predicted molar refractivity (Wildman–Crippen MR) is 113 cm³/mol. The van der Waals surface area contributed by atoms with Crippen molar-refractivity contribution in [3.05, 3.63) is 70.7 Å². The number of hydrogen-bond acceptors (Lipinski definition) is 4. The molecule has 2 amide bonds. The Morgan fingerprint density at radius 1 is 1.07 bits per heavy atom. The number of hydrogen-bond donors (Lipinski definition) is 1. The highest BCUT2D eigenvalue weighted by Crippen LogP contribution is 2.38. The lowest BCUT2D eigenvalue weighted by molar-refractivity contribution is -0.120. The molecule has 0 radical (unpaired) electrons. The number of carbonyl (C=O) groups excluding carboxylic acids is 2. The fraction of sp³-hybridized carbons (Fsp3) is 0.333. The van der Waals surface area contributed by atoms with Gasteiger partial charge in [-0.1, -0.05) is 24.3 Å².